The Balaban J connectivity index is 1.49. The number of amides is 1. The number of hydrogen-bond acceptors (Lipinski definition) is 7. The molecule has 1 aliphatic rings. The maximum atomic E-state index is 13.4. The lowest BCUT2D eigenvalue weighted by molar-refractivity contribution is -0.383. The Kier molecular flexibility index (Phi) is 7.60. The van der Waals surface area contributed by atoms with E-state index in [9.17, 15) is 32.5 Å². The van der Waals surface area contributed by atoms with Crippen molar-refractivity contribution in [3.05, 3.63) is 99.9 Å². The summed E-state index contributed by atoms with van der Waals surface area (Å²) in [7, 11) is -4.09. The molecule has 1 N–H and O–H groups in total. The topological polar surface area (TPSA) is 136 Å². The van der Waals surface area contributed by atoms with Crippen LogP contribution in [0.2, 0.25) is 0 Å². The second-order valence-corrected chi connectivity index (χ2v) is 10.1. The molecule has 1 amide bonds. The van der Waals surface area contributed by atoms with Crippen molar-refractivity contribution in [3.8, 4) is 0 Å². The van der Waals surface area contributed by atoms with Crippen LogP contribution >= 0.6 is 0 Å². The predicted octanol–water partition coefficient (Wildman–Crippen LogP) is 3.59. The van der Waals surface area contributed by atoms with Crippen LogP contribution in [0.1, 0.15) is 23.6 Å². The molecule has 0 aliphatic carbocycles. The quantitative estimate of drug-likeness (QED) is 0.269. The summed E-state index contributed by atoms with van der Waals surface area (Å²) in [4.78, 5) is 35.3. The van der Waals surface area contributed by atoms with Crippen molar-refractivity contribution >= 4 is 33.3 Å². The first-order valence-electron chi connectivity index (χ1n) is 11.2. The lowest BCUT2D eigenvalue weighted by atomic mass is 9.92. The summed E-state index contributed by atoms with van der Waals surface area (Å²) in [5.74, 6) is -2.21. The van der Waals surface area contributed by atoms with E-state index in [2.05, 4.69) is 5.32 Å². The van der Waals surface area contributed by atoms with Crippen LogP contribution < -0.4 is 5.32 Å². The summed E-state index contributed by atoms with van der Waals surface area (Å²) in [5, 5.41) is 13.4. The van der Waals surface area contributed by atoms with Crippen LogP contribution in [0.5, 0.6) is 0 Å². The van der Waals surface area contributed by atoms with Crippen LogP contribution in [-0.4, -0.2) is 42.7 Å². The number of para-hydroxylation sites is 2. The maximum Gasteiger partial charge on any atom is 0.308 e. The standard InChI is InChI=1S/C25H22FN3O7S/c26-18-9-11-19(12-10-18)37(34,35)28-14-13-17-5-1-2-6-20(17)23(28)15-25(31)36-16-24(30)27-21-7-3-4-8-22(21)29(32)33/h1-12,23H,13-16H2,(H,27,30). The summed E-state index contributed by atoms with van der Waals surface area (Å²) >= 11 is 0. The van der Waals surface area contributed by atoms with Gasteiger partial charge in [0.2, 0.25) is 10.0 Å². The average Bonchev–Trinajstić information content (AvgIpc) is 2.88. The Hall–Kier alpha value is -4.16. The van der Waals surface area contributed by atoms with Gasteiger partial charge in [-0.2, -0.15) is 4.31 Å². The van der Waals surface area contributed by atoms with Crippen molar-refractivity contribution in [1.29, 1.82) is 0 Å². The molecule has 0 aromatic heterocycles. The molecule has 0 saturated carbocycles. The summed E-state index contributed by atoms with van der Waals surface area (Å²) in [5.41, 5.74) is 1.13. The fourth-order valence-electron chi connectivity index (χ4n) is 4.16. The summed E-state index contributed by atoms with van der Waals surface area (Å²) in [6.45, 7) is -0.628. The van der Waals surface area contributed by atoms with Gasteiger partial charge in [-0.3, -0.25) is 19.7 Å². The smallest absolute Gasteiger partial charge is 0.308 e. The van der Waals surface area contributed by atoms with Crippen LogP contribution in [0, 0.1) is 15.9 Å². The Morgan fingerprint density at radius 1 is 1.05 bits per heavy atom. The minimum Gasteiger partial charge on any atom is -0.456 e. The normalized spacial score (nSPS) is 15.4. The van der Waals surface area contributed by atoms with Crippen LogP contribution in [-0.2, 0) is 30.8 Å². The third-order valence-electron chi connectivity index (χ3n) is 5.88. The first kappa shape index (κ1) is 25.9. The number of nitrogens with zero attached hydrogens (tertiary/aromatic N) is 2. The van der Waals surface area contributed by atoms with E-state index in [1.165, 1.54) is 28.6 Å². The van der Waals surface area contributed by atoms with E-state index < -0.39 is 45.3 Å². The highest BCUT2D eigenvalue weighted by molar-refractivity contribution is 7.89. The lowest BCUT2D eigenvalue weighted by Crippen LogP contribution is -2.41. The zero-order valence-corrected chi connectivity index (χ0v) is 20.2. The number of esters is 1. The lowest BCUT2D eigenvalue weighted by Gasteiger charge is -2.36. The van der Waals surface area contributed by atoms with E-state index in [4.69, 9.17) is 4.74 Å². The Labute approximate surface area is 211 Å². The number of nitro benzene ring substituents is 1. The molecule has 1 unspecified atom stereocenters. The summed E-state index contributed by atoms with van der Waals surface area (Å²) < 4.78 is 46.4. The molecule has 1 aliphatic heterocycles. The third-order valence-corrected chi connectivity index (χ3v) is 7.80. The number of nitrogens with one attached hydrogen (secondary N) is 1. The van der Waals surface area contributed by atoms with E-state index in [0.717, 1.165) is 29.8 Å². The molecule has 0 radical (unpaired) electrons. The highest BCUT2D eigenvalue weighted by Gasteiger charge is 2.38. The molecule has 3 aromatic rings. The van der Waals surface area contributed by atoms with Crippen LogP contribution in [0.25, 0.3) is 0 Å². The molecule has 0 fully saturated rings. The van der Waals surface area contributed by atoms with E-state index in [1.807, 2.05) is 12.1 Å². The number of benzene rings is 3. The van der Waals surface area contributed by atoms with Crippen LogP contribution in [0.15, 0.2) is 77.7 Å². The highest BCUT2D eigenvalue weighted by Crippen LogP contribution is 2.36. The number of nitro groups is 1. The van der Waals surface area contributed by atoms with Gasteiger partial charge in [0.25, 0.3) is 11.6 Å². The number of carbonyl (C=O) groups is 2. The molecule has 3 aromatic carbocycles. The van der Waals surface area contributed by atoms with Gasteiger partial charge >= 0.3 is 5.97 Å². The number of fused-ring (bicyclic) bond motifs is 1. The fraction of sp³-hybridized carbons (Fsp3) is 0.200. The minimum absolute atomic E-state index is 0.0497. The highest BCUT2D eigenvalue weighted by atomic mass is 32.2. The number of carbonyl (C=O) groups excluding carboxylic acids is 2. The van der Waals surface area contributed by atoms with Crippen molar-refractivity contribution in [2.75, 3.05) is 18.5 Å². The van der Waals surface area contributed by atoms with Crippen molar-refractivity contribution in [2.45, 2.75) is 23.8 Å². The average molecular weight is 528 g/mol. The molecule has 0 spiro atoms. The number of halogens is 1. The van der Waals surface area contributed by atoms with Crippen molar-refractivity contribution in [3.63, 3.8) is 0 Å². The molecule has 10 nitrogen and oxygen atoms in total. The third kappa shape index (κ3) is 5.81. The van der Waals surface area contributed by atoms with Crippen LogP contribution in [0.4, 0.5) is 15.8 Å². The fourth-order valence-corrected chi connectivity index (χ4v) is 5.76. The first-order valence-corrected chi connectivity index (χ1v) is 12.6. The van der Waals surface area contributed by atoms with Crippen LogP contribution in [0.3, 0.4) is 0 Å². The zero-order chi connectivity index (χ0) is 26.6. The summed E-state index contributed by atoms with van der Waals surface area (Å²) in [6, 6.07) is 16.1. The van der Waals surface area contributed by atoms with Gasteiger partial charge in [0.05, 0.1) is 22.3 Å². The molecule has 37 heavy (non-hydrogen) atoms. The molecular weight excluding hydrogens is 505 g/mol. The largest absolute Gasteiger partial charge is 0.456 e. The van der Waals surface area contributed by atoms with E-state index in [0.29, 0.717) is 12.0 Å². The first-order chi connectivity index (χ1) is 17.7. The molecule has 0 bridgehead atoms. The number of ether oxygens (including phenoxy) is 1. The SMILES string of the molecule is O=C(COC(=O)CC1c2ccccc2CCN1S(=O)(=O)c1ccc(F)cc1)Nc1ccccc1[N+](=O)[O-]. The number of hydrogen-bond donors (Lipinski definition) is 1. The monoisotopic (exact) mass is 527 g/mol. The predicted molar refractivity (Wildman–Crippen MR) is 130 cm³/mol. The van der Waals surface area contributed by atoms with Gasteiger partial charge in [0, 0.05) is 12.6 Å². The van der Waals surface area contributed by atoms with Crippen molar-refractivity contribution < 1.29 is 32.1 Å². The van der Waals surface area contributed by atoms with Gasteiger partial charge in [-0.1, -0.05) is 36.4 Å². The molecule has 1 heterocycles. The Bertz CT molecular complexity index is 1440. The maximum absolute atomic E-state index is 13.4. The minimum atomic E-state index is -4.09. The molecule has 4 rings (SSSR count). The van der Waals surface area contributed by atoms with Gasteiger partial charge in [0.1, 0.15) is 11.5 Å². The second-order valence-electron chi connectivity index (χ2n) is 8.22. The number of rotatable bonds is 8. The molecule has 12 heteroatoms. The molecule has 192 valence electrons. The van der Waals surface area contributed by atoms with Gasteiger partial charge in [-0.25, -0.2) is 12.8 Å². The van der Waals surface area contributed by atoms with Gasteiger partial charge < -0.3 is 10.1 Å². The van der Waals surface area contributed by atoms with Gasteiger partial charge in [-0.05, 0) is 47.9 Å². The van der Waals surface area contributed by atoms with E-state index in [-0.39, 0.29) is 29.2 Å². The second kappa shape index (κ2) is 10.8. The van der Waals surface area contributed by atoms with E-state index >= 15 is 0 Å². The number of anilines is 1. The van der Waals surface area contributed by atoms with E-state index in [1.54, 1.807) is 12.1 Å². The molecule has 0 saturated heterocycles. The Morgan fingerprint density at radius 2 is 1.73 bits per heavy atom. The van der Waals surface area contributed by atoms with Gasteiger partial charge in [-0.15, -0.1) is 0 Å². The summed E-state index contributed by atoms with van der Waals surface area (Å²) in [6.07, 6.45) is 0.0383. The molecular formula is C25H22FN3O7S. The number of sulfonamides is 1. The van der Waals surface area contributed by atoms with Crippen molar-refractivity contribution in [2.24, 2.45) is 0 Å². The zero-order valence-electron chi connectivity index (χ0n) is 19.4. The molecule has 1 atom stereocenters. The van der Waals surface area contributed by atoms with Gasteiger partial charge in [0.15, 0.2) is 6.61 Å². The van der Waals surface area contributed by atoms with Crippen molar-refractivity contribution in [1.82, 2.24) is 4.31 Å². The Morgan fingerprint density at radius 3 is 2.46 bits per heavy atom.